The summed E-state index contributed by atoms with van der Waals surface area (Å²) in [4.78, 5) is 0. The molecule has 4 nitrogen and oxygen atoms in total. The second kappa shape index (κ2) is 4.82. The minimum Gasteiger partial charge on any atom is -0.324 e. The molecule has 0 bridgehead atoms. The van der Waals surface area contributed by atoms with Gasteiger partial charge in [0.05, 0.1) is 12.8 Å². The number of halogens is 1. The lowest BCUT2D eigenvalue weighted by Crippen LogP contribution is -2.29. The Kier molecular flexibility index (Phi) is 4.64. The number of hydrogen-bond acceptors (Lipinski definition) is 3. The zero-order chi connectivity index (χ0) is 10.1. The first-order valence-electron chi connectivity index (χ1n) is 4.02. The summed E-state index contributed by atoms with van der Waals surface area (Å²) in [6.45, 7) is 2.25. The normalized spacial score (nSPS) is 18.5. The Bertz CT molecular complexity index is 346. The molecule has 6 heteroatoms. The van der Waals surface area contributed by atoms with E-state index in [1.807, 2.05) is 13.0 Å². The zero-order valence-corrected chi connectivity index (χ0v) is 9.81. The quantitative estimate of drug-likeness (QED) is 0.761. The molecule has 0 fully saturated rings. The molecule has 0 radical (unpaired) electrons. The first-order valence-corrected chi connectivity index (χ1v) is 5.87. The summed E-state index contributed by atoms with van der Waals surface area (Å²) in [7, 11) is -3.11. The summed E-state index contributed by atoms with van der Waals surface area (Å²) in [6.07, 6.45) is 6.29. The van der Waals surface area contributed by atoms with Crippen LogP contribution < -0.4 is 5.73 Å². The van der Waals surface area contributed by atoms with Crippen molar-refractivity contribution in [3.05, 3.63) is 23.9 Å². The van der Waals surface area contributed by atoms with E-state index in [9.17, 15) is 8.42 Å². The van der Waals surface area contributed by atoms with E-state index >= 15 is 0 Å². The first kappa shape index (κ1) is 13.5. The fourth-order valence-corrected chi connectivity index (χ4v) is 1.70. The van der Waals surface area contributed by atoms with Crippen LogP contribution in [-0.4, -0.2) is 31.6 Å². The molecular weight excluding hydrogens is 224 g/mol. The van der Waals surface area contributed by atoms with E-state index < -0.39 is 10.0 Å². The van der Waals surface area contributed by atoms with Crippen LogP contribution in [0.15, 0.2) is 23.9 Å². The Morgan fingerprint density at radius 1 is 1.57 bits per heavy atom. The Labute approximate surface area is 90.9 Å². The van der Waals surface area contributed by atoms with Crippen molar-refractivity contribution >= 4 is 22.4 Å². The number of sulfonamides is 1. The Morgan fingerprint density at radius 2 is 2.14 bits per heavy atom. The fourth-order valence-electron chi connectivity index (χ4n) is 1.08. The van der Waals surface area contributed by atoms with Gasteiger partial charge in [-0.2, -0.15) is 0 Å². The maximum absolute atomic E-state index is 11.1. The van der Waals surface area contributed by atoms with Crippen LogP contribution in [0.1, 0.15) is 6.92 Å². The summed E-state index contributed by atoms with van der Waals surface area (Å²) in [5.41, 5.74) is 6.61. The van der Waals surface area contributed by atoms with E-state index in [2.05, 4.69) is 0 Å². The van der Waals surface area contributed by atoms with Gasteiger partial charge in [0, 0.05) is 12.2 Å². The Morgan fingerprint density at radius 3 is 2.43 bits per heavy atom. The molecule has 1 rings (SSSR count). The molecule has 0 aromatic carbocycles. The molecule has 2 N–H and O–H groups in total. The van der Waals surface area contributed by atoms with Crippen LogP contribution in [0, 0.1) is 0 Å². The molecule has 1 aliphatic rings. The van der Waals surface area contributed by atoms with Gasteiger partial charge in [-0.1, -0.05) is 6.08 Å². The third-order valence-corrected chi connectivity index (χ3v) is 3.01. The van der Waals surface area contributed by atoms with Crippen molar-refractivity contribution in [1.82, 2.24) is 4.31 Å². The first-order chi connectivity index (χ1) is 5.91. The van der Waals surface area contributed by atoms with Crippen molar-refractivity contribution in [3.8, 4) is 0 Å². The number of nitrogens with zero attached hydrogens (tertiary/aromatic N) is 1. The number of hydrogen-bond donors (Lipinski definition) is 1. The fraction of sp³-hybridized carbons (Fsp3) is 0.500. The van der Waals surface area contributed by atoms with Crippen LogP contribution >= 0.6 is 12.4 Å². The molecule has 1 heterocycles. The van der Waals surface area contributed by atoms with Gasteiger partial charge >= 0.3 is 0 Å². The predicted octanol–water partition coefficient (Wildman–Crippen LogP) is 0.471. The molecule has 1 aliphatic heterocycles. The molecule has 0 unspecified atom stereocenters. The van der Waals surface area contributed by atoms with Crippen LogP contribution in [0.25, 0.3) is 0 Å². The van der Waals surface area contributed by atoms with E-state index in [0.29, 0.717) is 6.54 Å². The summed E-state index contributed by atoms with van der Waals surface area (Å²) in [5, 5.41) is 0. The molecular formula is C8H15ClN2O2S. The molecule has 14 heavy (non-hydrogen) atoms. The number of nitrogens with two attached hydrogens (primary N) is 1. The van der Waals surface area contributed by atoms with Gasteiger partial charge in [-0.15, -0.1) is 12.4 Å². The highest BCUT2D eigenvalue weighted by Gasteiger charge is 2.14. The largest absolute Gasteiger partial charge is 0.324 e. The summed E-state index contributed by atoms with van der Waals surface area (Å²) in [5.74, 6) is 0. The van der Waals surface area contributed by atoms with Crippen LogP contribution in [0.4, 0.5) is 0 Å². The smallest absolute Gasteiger partial charge is 0.232 e. The lowest BCUT2D eigenvalue weighted by atomic mass is 10.1. The highest BCUT2D eigenvalue weighted by molar-refractivity contribution is 7.88. The lowest BCUT2D eigenvalue weighted by molar-refractivity contribution is 0.524. The molecule has 0 saturated carbocycles. The average Bonchev–Trinajstić information content (AvgIpc) is 2.03. The summed E-state index contributed by atoms with van der Waals surface area (Å²) >= 11 is 0. The van der Waals surface area contributed by atoms with Gasteiger partial charge in [-0.3, -0.25) is 4.31 Å². The lowest BCUT2D eigenvalue weighted by Gasteiger charge is -2.21. The van der Waals surface area contributed by atoms with Crippen LogP contribution in [0.3, 0.4) is 0 Å². The molecule has 1 atom stereocenters. The molecule has 0 aromatic heterocycles. The SMILES string of the molecule is C[C@H](N)C1=CCN(S(C)(=O)=O)C=C1.Cl. The minimum atomic E-state index is -3.11. The van der Waals surface area contributed by atoms with Gasteiger partial charge in [-0.25, -0.2) is 8.42 Å². The highest BCUT2D eigenvalue weighted by atomic mass is 35.5. The van der Waals surface area contributed by atoms with E-state index in [0.717, 1.165) is 5.57 Å². The van der Waals surface area contributed by atoms with Crippen molar-refractivity contribution in [2.75, 3.05) is 12.8 Å². The molecule has 0 amide bonds. The second-order valence-corrected chi connectivity index (χ2v) is 5.08. The molecule has 0 spiro atoms. The monoisotopic (exact) mass is 238 g/mol. The van der Waals surface area contributed by atoms with E-state index in [4.69, 9.17) is 5.73 Å². The van der Waals surface area contributed by atoms with E-state index in [1.165, 1.54) is 10.6 Å². The summed E-state index contributed by atoms with van der Waals surface area (Å²) in [6, 6.07) is -0.0436. The van der Waals surface area contributed by atoms with Gasteiger partial charge < -0.3 is 5.73 Å². The van der Waals surface area contributed by atoms with E-state index in [-0.39, 0.29) is 18.4 Å². The molecule has 0 aromatic rings. The minimum absolute atomic E-state index is 0. The maximum Gasteiger partial charge on any atom is 0.232 e. The van der Waals surface area contributed by atoms with Crippen molar-refractivity contribution < 1.29 is 8.42 Å². The standard InChI is InChI=1S/C8H14N2O2S.ClH/c1-7(9)8-3-5-10(6-4-8)13(2,11)12;/h3-5,7H,6,9H2,1-2H3;1H/t7-;/m0./s1. The van der Waals surface area contributed by atoms with E-state index in [1.54, 1.807) is 12.3 Å². The van der Waals surface area contributed by atoms with Crippen molar-refractivity contribution in [2.45, 2.75) is 13.0 Å². The second-order valence-electron chi connectivity index (χ2n) is 3.14. The van der Waals surface area contributed by atoms with Gasteiger partial charge in [0.15, 0.2) is 0 Å². The van der Waals surface area contributed by atoms with Gasteiger partial charge in [0.2, 0.25) is 10.0 Å². The van der Waals surface area contributed by atoms with Crippen LogP contribution in [0.5, 0.6) is 0 Å². The third kappa shape index (κ3) is 3.32. The van der Waals surface area contributed by atoms with Crippen molar-refractivity contribution in [1.29, 1.82) is 0 Å². The topological polar surface area (TPSA) is 63.4 Å². The molecule has 82 valence electrons. The van der Waals surface area contributed by atoms with Crippen LogP contribution in [0.2, 0.25) is 0 Å². The van der Waals surface area contributed by atoms with Crippen molar-refractivity contribution in [3.63, 3.8) is 0 Å². The van der Waals surface area contributed by atoms with Gasteiger partial charge in [0.1, 0.15) is 0 Å². The average molecular weight is 239 g/mol. The molecule has 0 aliphatic carbocycles. The predicted molar refractivity (Wildman–Crippen MR) is 59.7 cm³/mol. The third-order valence-electron chi connectivity index (χ3n) is 1.89. The maximum atomic E-state index is 11.1. The zero-order valence-electron chi connectivity index (χ0n) is 8.17. The molecule has 0 saturated heterocycles. The van der Waals surface area contributed by atoms with Crippen molar-refractivity contribution in [2.24, 2.45) is 5.73 Å². The number of rotatable bonds is 2. The van der Waals surface area contributed by atoms with Gasteiger partial charge in [-0.05, 0) is 18.6 Å². The van der Waals surface area contributed by atoms with Crippen LogP contribution in [-0.2, 0) is 10.0 Å². The summed E-state index contributed by atoms with van der Waals surface area (Å²) < 4.78 is 23.4. The van der Waals surface area contributed by atoms with Gasteiger partial charge in [0.25, 0.3) is 0 Å². The Balaban J connectivity index is 0.00000169. The highest BCUT2D eigenvalue weighted by Crippen LogP contribution is 2.11. The Hall–Kier alpha value is -0.520.